The SMILES string of the molecule is C1CC1.CC.CCC1=C(/C=C(\C)F)C(CC)CN1C(=O)C1(C)CC2CC(C)CC(C2)C1.CCCCNCC. The molecule has 3 saturated carbocycles. The van der Waals surface area contributed by atoms with E-state index in [0.29, 0.717) is 17.7 Å². The number of hydrogen-bond donors (Lipinski definition) is 1. The number of carbonyl (C=O) groups excluding carboxylic acids is 1. The Balaban J connectivity index is 0.000000502. The monoisotopic (exact) mass is 534 g/mol. The molecule has 4 rings (SSSR count). The number of allylic oxidation sites excluding steroid dienone is 3. The molecule has 1 amide bonds. The lowest BCUT2D eigenvalue weighted by molar-refractivity contribution is -0.144. The molecule has 4 aliphatic rings. The molecule has 3 unspecified atom stereocenters. The fourth-order valence-corrected chi connectivity index (χ4v) is 6.75. The van der Waals surface area contributed by atoms with Crippen LogP contribution in [0, 0.1) is 29.1 Å². The summed E-state index contributed by atoms with van der Waals surface area (Å²) in [5, 5.41) is 3.25. The van der Waals surface area contributed by atoms with Gasteiger partial charge in [-0.25, -0.2) is 4.39 Å². The third-order valence-corrected chi connectivity index (χ3v) is 8.37. The van der Waals surface area contributed by atoms with Crippen molar-refractivity contribution in [2.24, 2.45) is 29.1 Å². The summed E-state index contributed by atoms with van der Waals surface area (Å²) < 4.78 is 13.6. The molecule has 1 aliphatic heterocycles. The van der Waals surface area contributed by atoms with Gasteiger partial charge in [-0.3, -0.25) is 4.79 Å². The summed E-state index contributed by atoms with van der Waals surface area (Å²) in [5.41, 5.74) is 1.87. The highest BCUT2D eigenvalue weighted by Gasteiger charge is 2.48. The fraction of sp³-hybridized carbons (Fsp3) is 0.853. The molecule has 0 aromatic rings. The Morgan fingerprint density at radius 2 is 1.63 bits per heavy atom. The van der Waals surface area contributed by atoms with Gasteiger partial charge in [0, 0.05) is 23.6 Å². The first-order valence-corrected chi connectivity index (χ1v) is 16.3. The van der Waals surface area contributed by atoms with Crippen LogP contribution in [0.3, 0.4) is 0 Å². The molecule has 2 bridgehead atoms. The Morgan fingerprint density at radius 1 is 1.05 bits per heavy atom. The number of carbonyl (C=O) groups is 1. The molecular formula is C34H63FN2O. The van der Waals surface area contributed by atoms with Gasteiger partial charge in [0.1, 0.15) is 0 Å². The molecule has 3 fully saturated rings. The van der Waals surface area contributed by atoms with Crippen LogP contribution >= 0.6 is 0 Å². The smallest absolute Gasteiger partial charge is 0.232 e. The number of nitrogens with zero attached hydrogens (tertiary/aromatic N) is 1. The topological polar surface area (TPSA) is 32.3 Å². The van der Waals surface area contributed by atoms with Crippen molar-refractivity contribution < 1.29 is 9.18 Å². The van der Waals surface area contributed by atoms with Crippen molar-refractivity contribution in [1.82, 2.24) is 10.2 Å². The van der Waals surface area contributed by atoms with Gasteiger partial charge in [-0.2, -0.15) is 0 Å². The van der Waals surface area contributed by atoms with Crippen LogP contribution in [0.1, 0.15) is 139 Å². The van der Waals surface area contributed by atoms with Crippen molar-refractivity contribution >= 4 is 5.91 Å². The van der Waals surface area contributed by atoms with Crippen LogP contribution in [0.25, 0.3) is 0 Å². The number of rotatable bonds is 8. The molecule has 0 saturated heterocycles. The summed E-state index contributed by atoms with van der Waals surface area (Å²) in [6.45, 7) is 21.7. The highest BCUT2D eigenvalue weighted by molar-refractivity contribution is 5.85. The molecule has 3 atom stereocenters. The van der Waals surface area contributed by atoms with Gasteiger partial charge in [-0.05, 0) is 101 Å². The zero-order chi connectivity index (χ0) is 28.7. The Kier molecular flexibility index (Phi) is 16.7. The van der Waals surface area contributed by atoms with Crippen molar-refractivity contribution in [3.05, 3.63) is 23.2 Å². The predicted molar refractivity (Wildman–Crippen MR) is 164 cm³/mol. The lowest BCUT2D eigenvalue weighted by Crippen LogP contribution is -2.47. The summed E-state index contributed by atoms with van der Waals surface area (Å²) in [5.74, 6) is 2.63. The van der Waals surface area contributed by atoms with E-state index >= 15 is 0 Å². The molecule has 38 heavy (non-hydrogen) atoms. The summed E-state index contributed by atoms with van der Waals surface area (Å²) in [6.07, 6.45) is 16.5. The Hall–Kier alpha value is -1.16. The molecule has 0 aromatic heterocycles. The third kappa shape index (κ3) is 11.1. The van der Waals surface area contributed by atoms with Crippen molar-refractivity contribution in [2.75, 3.05) is 19.6 Å². The van der Waals surface area contributed by atoms with Crippen molar-refractivity contribution in [3.63, 3.8) is 0 Å². The van der Waals surface area contributed by atoms with Crippen LogP contribution in [-0.4, -0.2) is 30.4 Å². The molecule has 4 heteroatoms. The van der Waals surface area contributed by atoms with Gasteiger partial charge in [0.15, 0.2) is 0 Å². The second-order valence-electron chi connectivity index (χ2n) is 12.3. The summed E-state index contributed by atoms with van der Waals surface area (Å²) in [6, 6.07) is 0. The molecule has 222 valence electrons. The minimum Gasteiger partial charge on any atom is -0.317 e. The minimum atomic E-state index is -0.240. The van der Waals surface area contributed by atoms with Crippen molar-refractivity contribution in [1.29, 1.82) is 0 Å². The van der Waals surface area contributed by atoms with E-state index in [4.69, 9.17) is 0 Å². The predicted octanol–water partition coefficient (Wildman–Crippen LogP) is 9.84. The lowest BCUT2D eigenvalue weighted by Gasteiger charge is -2.47. The molecular weight excluding hydrogens is 471 g/mol. The van der Waals surface area contributed by atoms with Crippen LogP contribution in [-0.2, 0) is 4.79 Å². The number of unbranched alkanes of at least 4 members (excludes halogenated alkanes) is 1. The molecule has 0 aromatic carbocycles. The van der Waals surface area contributed by atoms with E-state index in [9.17, 15) is 9.18 Å². The maximum absolute atomic E-state index is 13.7. The van der Waals surface area contributed by atoms with Crippen molar-refractivity contribution in [3.8, 4) is 0 Å². The number of halogens is 1. The largest absolute Gasteiger partial charge is 0.317 e. The van der Waals surface area contributed by atoms with Gasteiger partial charge in [0.25, 0.3) is 0 Å². The first kappa shape index (κ1) is 34.9. The van der Waals surface area contributed by atoms with Gasteiger partial charge in [-0.1, -0.05) is 81.1 Å². The number of amides is 1. The van der Waals surface area contributed by atoms with E-state index < -0.39 is 0 Å². The van der Waals surface area contributed by atoms with Gasteiger partial charge in [0.2, 0.25) is 5.91 Å². The molecule has 1 N–H and O–H groups in total. The third-order valence-electron chi connectivity index (χ3n) is 8.37. The Morgan fingerprint density at radius 3 is 2.05 bits per heavy atom. The summed E-state index contributed by atoms with van der Waals surface area (Å²) >= 11 is 0. The number of hydrogen-bond acceptors (Lipinski definition) is 2. The van der Waals surface area contributed by atoms with Gasteiger partial charge in [0.05, 0.1) is 5.83 Å². The van der Waals surface area contributed by atoms with Crippen LogP contribution in [0.5, 0.6) is 0 Å². The maximum Gasteiger partial charge on any atom is 0.232 e. The lowest BCUT2D eigenvalue weighted by atomic mass is 9.59. The first-order chi connectivity index (χ1) is 18.2. The average molecular weight is 535 g/mol. The highest BCUT2D eigenvalue weighted by atomic mass is 19.1. The maximum atomic E-state index is 13.7. The normalized spacial score (nSPS) is 29.8. The average Bonchev–Trinajstić information content (AvgIpc) is 3.72. The van der Waals surface area contributed by atoms with E-state index in [-0.39, 0.29) is 17.2 Å². The number of fused-ring (bicyclic) bond motifs is 2. The van der Waals surface area contributed by atoms with Crippen LogP contribution in [0.15, 0.2) is 23.2 Å². The van der Waals surface area contributed by atoms with E-state index in [1.807, 2.05) is 18.7 Å². The molecule has 3 aliphatic carbocycles. The van der Waals surface area contributed by atoms with E-state index in [2.05, 4.69) is 46.9 Å². The van der Waals surface area contributed by atoms with Crippen LogP contribution in [0.4, 0.5) is 4.39 Å². The van der Waals surface area contributed by atoms with E-state index in [1.165, 1.54) is 64.8 Å². The number of nitrogens with one attached hydrogen (secondary N) is 1. The summed E-state index contributed by atoms with van der Waals surface area (Å²) in [4.78, 5) is 15.7. The van der Waals surface area contributed by atoms with Crippen LogP contribution in [0.2, 0.25) is 0 Å². The zero-order valence-electron chi connectivity index (χ0n) is 26.7. The second-order valence-corrected chi connectivity index (χ2v) is 12.3. The summed E-state index contributed by atoms with van der Waals surface area (Å²) in [7, 11) is 0. The van der Waals surface area contributed by atoms with Gasteiger partial charge in [-0.15, -0.1) is 0 Å². The molecule has 3 nitrogen and oxygen atoms in total. The second kappa shape index (κ2) is 18.2. The first-order valence-electron chi connectivity index (χ1n) is 16.3. The minimum absolute atomic E-state index is 0.161. The Labute approximate surface area is 236 Å². The molecule has 1 heterocycles. The zero-order valence-corrected chi connectivity index (χ0v) is 26.7. The van der Waals surface area contributed by atoms with E-state index in [1.54, 1.807) is 6.08 Å². The molecule has 0 spiro atoms. The fourth-order valence-electron chi connectivity index (χ4n) is 6.75. The standard InChI is InChI=1S/C23H36FNO.C6H15N.C3H6.C2H6/c1-6-19-14-25(21(7-2)20(19)10-16(4)24)22(26)23(5)12-17-8-15(3)9-18(11-17)13-23;1-3-5-6-7-4-2;1-2-3-1;1-2/h10,15,17-19H,6-9,11-14H2,1-5H3;7H,3-6H2,1-2H3;1-3H2;1-2H3/b16-10+;;;. The van der Waals surface area contributed by atoms with Crippen LogP contribution < -0.4 is 5.32 Å². The Bertz CT molecular complexity index is 712. The quantitative estimate of drug-likeness (QED) is 0.314. The van der Waals surface area contributed by atoms with E-state index in [0.717, 1.165) is 56.0 Å². The molecule has 0 radical (unpaired) electrons. The van der Waals surface area contributed by atoms with Gasteiger partial charge < -0.3 is 10.2 Å². The highest BCUT2D eigenvalue weighted by Crippen LogP contribution is 2.52. The van der Waals surface area contributed by atoms with Crippen molar-refractivity contribution in [2.45, 2.75) is 139 Å². The van der Waals surface area contributed by atoms with Gasteiger partial charge >= 0.3 is 0 Å².